The molecule has 0 aliphatic carbocycles. The molecule has 0 N–H and O–H groups in total. The zero-order chi connectivity index (χ0) is 7.56. The van der Waals surface area contributed by atoms with E-state index in [2.05, 4.69) is 12.2 Å². The number of furan rings is 1. The van der Waals surface area contributed by atoms with Crippen LogP contribution in [0.1, 0.15) is 10.6 Å². The van der Waals surface area contributed by atoms with E-state index >= 15 is 0 Å². The van der Waals surface area contributed by atoms with Crippen LogP contribution in [-0.4, -0.2) is 10.1 Å². The van der Waals surface area contributed by atoms with Gasteiger partial charge in [-0.05, 0) is 12.1 Å². The molecule has 0 unspecified atom stereocenters. The second-order valence-corrected chi connectivity index (χ2v) is 2.59. The molecule has 0 radical (unpaired) electrons. The molecule has 1 rings (SSSR count). The summed E-state index contributed by atoms with van der Waals surface area (Å²) < 4.78 is 4.54. The van der Waals surface area contributed by atoms with Gasteiger partial charge >= 0.3 is 0 Å². The minimum Gasteiger partial charge on any atom is -0.461 e. The molecule has 2 nitrogen and oxygen atoms in total. The van der Waals surface area contributed by atoms with Gasteiger partial charge in [0, 0.05) is 0 Å². The highest BCUT2D eigenvalue weighted by molar-refractivity contribution is 7.85. The zero-order valence-electron chi connectivity index (χ0n) is 4.83. The largest absolute Gasteiger partial charge is 0.461 e. The van der Waals surface area contributed by atoms with E-state index in [0.29, 0.717) is 0 Å². The Morgan fingerprint density at radius 3 is 2.80 bits per heavy atom. The molecular weight excluding hydrogens is 172 g/mol. The van der Waals surface area contributed by atoms with Gasteiger partial charge in [0.05, 0.1) is 6.26 Å². The van der Waals surface area contributed by atoms with Crippen molar-refractivity contribution in [2.45, 2.75) is 0 Å². The number of rotatable bonds is 2. The summed E-state index contributed by atoms with van der Waals surface area (Å²) in [7, 11) is 0. The van der Waals surface area contributed by atoms with E-state index in [1.165, 1.54) is 12.3 Å². The number of hydrogen-bond donors (Lipinski definition) is 0. The first-order chi connectivity index (χ1) is 4.72. The lowest BCUT2D eigenvalue weighted by Crippen LogP contribution is -2.02. The average molecular weight is 175 g/mol. The number of carbonyl (C=O) groups excluding carboxylic acids is 1. The number of hydrogen-bond acceptors (Lipinski definition) is 3. The van der Waals surface area contributed by atoms with Crippen LogP contribution in [0.25, 0.3) is 0 Å². The third-order valence-corrected chi connectivity index (χ3v) is 1.28. The number of thiocarbonyl (C=S) groups is 1. The number of halogens is 1. The first-order valence-corrected chi connectivity index (χ1v) is 3.28. The zero-order valence-corrected chi connectivity index (χ0v) is 6.41. The molecule has 0 saturated heterocycles. The average Bonchev–Trinajstić information content (AvgIpc) is 2.36. The van der Waals surface area contributed by atoms with Gasteiger partial charge in [0.25, 0.3) is 0 Å². The molecule has 1 heterocycles. The molecular formula is C6H3ClO2S. The molecule has 0 fully saturated rings. The molecule has 0 bridgehead atoms. The highest BCUT2D eigenvalue weighted by atomic mass is 35.5. The third-order valence-electron chi connectivity index (χ3n) is 0.923. The smallest absolute Gasteiger partial charge is 0.250 e. The number of ketones is 1. The lowest BCUT2D eigenvalue weighted by atomic mass is 10.3. The molecule has 0 saturated carbocycles. The minimum atomic E-state index is -0.443. The normalized spacial score (nSPS) is 9.30. The third kappa shape index (κ3) is 1.43. The lowest BCUT2D eigenvalue weighted by Gasteiger charge is -1.86. The SMILES string of the molecule is O=C(C(=S)Cl)c1ccco1. The lowest BCUT2D eigenvalue weighted by molar-refractivity contribution is 0.104. The van der Waals surface area contributed by atoms with Crippen LogP contribution in [0.5, 0.6) is 0 Å². The van der Waals surface area contributed by atoms with Crippen LogP contribution in [0.2, 0.25) is 0 Å². The van der Waals surface area contributed by atoms with Crippen LogP contribution in [0.15, 0.2) is 22.8 Å². The van der Waals surface area contributed by atoms with Crippen molar-refractivity contribution in [1.82, 2.24) is 0 Å². The van der Waals surface area contributed by atoms with Gasteiger partial charge in [0.1, 0.15) is 0 Å². The van der Waals surface area contributed by atoms with Gasteiger partial charge in [0.15, 0.2) is 10.1 Å². The van der Waals surface area contributed by atoms with Crippen LogP contribution in [-0.2, 0) is 0 Å². The Labute approximate surface area is 67.8 Å². The summed E-state index contributed by atoms with van der Waals surface area (Å²) in [5.41, 5.74) is 0. The van der Waals surface area contributed by atoms with Gasteiger partial charge in [-0.3, -0.25) is 4.79 Å². The Hall–Kier alpha value is -0.670. The summed E-state index contributed by atoms with van der Waals surface area (Å²) in [5, 5.41) is 0. The van der Waals surface area contributed by atoms with E-state index < -0.39 is 5.78 Å². The van der Waals surface area contributed by atoms with E-state index in [0.717, 1.165) is 0 Å². The predicted octanol–water partition coefficient (Wildman–Crippen LogP) is 2.03. The standard InChI is InChI=1S/C6H3ClO2S/c7-6(10)5(8)4-2-1-3-9-4/h1-3H. The van der Waals surface area contributed by atoms with Gasteiger partial charge in [-0.1, -0.05) is 23.8 Å². The Morgan fingerprint density at radius 2 is 2.40 bits per heavy atom. The fraction of sp³-hybridized carbons (Fsp3) is 0. The van der Waals surface area contributed by atoms with Gasteiger partial charge < -0.3 is 4.42 Å². The molecule has 1 aromatic heterocycles. The summed E-state index contributed by atoms with van der Waals surface area (Å²) in [6.45, 7) is 0. The van der Waals surface area contributed by atoms with Crippen LogP contribution >= 0.6 is 23.8 Å². The molecule has 0 atom stereocenters. The Kier molecular flexibility index (Phi) is 2.19. The van der Waals surface area contributed by atoms with Crippen LogP contribution < -0.4 is 0 Å². The van der Waals surface area contributed by atoms with Crippen LogP contribution in [0, 0.1) is 0 Å². The highest BCUT2D eigenvalue weighted by Gasteiger charge is 2.11. The Balaban J connectivity index is 2.88. The first-order valence-electron chi connectivity index (χ1n) is 2.49. The van der Waals surface area contributed by atoms with Crippen molar-refractivity contribution in [2.75, 3.05) is 0 Å². The molecule has 0 spiro atoms. The number of carbonyl (C=O) groups is 1. The maximum Gasteiger partial charge on any atom is 0.250 e. The van der Waals surface area contributed by atoms with Gasteiger partial charge in [0.2, 0.25) is 5.78 Å². The molecule has 0 aliphatic rings. The molecule has 0 amide bonds. The quantitative estimate of drug-likeness (QED) is 0.391. The van der Waals surface area contributed by atoms with Crippen molar-refractivity contribution in [1.29, 1.82) is 0 Å². The van der Waals surface area contributed by atoms with Crippen LogP contribution in [0.4, 0.5) is 0 Å². The van der Waals surface area contributed by atoms with Gasteiger partial charge in [-0.2, -0.15) is 0 Å². The monoisotopic (exact) mass is 174 g/mol. The second kappa shape index (κ2) is 2.94. The van der Waals surface area contributed by atoms with E-state index in [1.54, 1.807) is 6.07 Å². The maximum absolute atomic E-state index is 10.8. The van der Waals surface area contributed by atoms with E-state index in [1.807, 2.05) is 0 Å². The summed E-state index contributed by atoms with van der Waals surface area (Å²) in [4.78, 5) is 10.8. The topological polar surface area (TPSA) is 30.2 Å². The molecule has 0 aromatic carbocycles. The number of Topliss-reactive ketones (excluding diaryl/α,β-unsaturated/α-hetero) is 1. The van der Waals surface area contributed by atoms with Crippen LogP contribution in [0.3, 0.4) is 0 Å². The van der Waals surface area contributed by atoms with E-state index in [-0.39, 0.29) is 10.1 Å². The Morgan fingerprint density at radius 1 is 1.70 bits per heavy atom. The van der Waals surface area contributed by atoms with E-state index in [9.17, 15) is 4.79 Å². The summed E-state index contributed by atoms with van der Waals surface area (Å²) in [5.74, 6) is -0.262. The molecule has 52 valence electrons. The molecule has 1 aromatic rings. The predicted molar refractivity (Wildman–Crippen MR) is 41.5 cm³/mol. The highest BCUT2D eigenvalue weighted by Crippen LogP contribution is 2.04. The van der Waals surface area contributed by atoms with Crippen molar-refractivity contribution in [3.8, 4) is 0 Å². The summed E-state index contributed by atoms with van der Waals surface area (Å²) in [6.07, 6.45) is 1.39. The van der Waals surface area contributed by atoms with Crippen molar-refractivity contribution in [3.63, 3.8) is 0 Å². The van der Waals surface area contributed by atoms with E-state index in [4.69, 9.17) is 16.0 Å². The van der Waals surface area contributed by atoms with Gasteiger partial charge in [-0.25, -0.2) is 0 Å². The van der Waals surface area contributed by atoms with Crippen molar-refractivity contribution >= 4 is 33.9 Å². The molecule has 10 heavy (non-hydrogen) atoms. The summed E-state index contributed by atoms with van der Waals surface area (Å²) in [6, 6.07) is 3.11. The molecule has 4 heteroatoms. The fourth-order valence-corrected chi connectivity index (χ4v) is 0.698. The molecule has 0 aliphatic heterocycles. The van der Waals surface area contributed by atoms with Gasteiger partial charge in [-0.15, -0.1) is 0 Å². The fourth-order valence-electron chi connectivity index (χ4n) is 0.505. The second-order valence-electron chi connectivity index (χ2n) is 1.58. The first kappa shape index (κ1) is 7.44. The Bertz CT molecular complexity index is 253. The van der Waals surface area contributed by atoms with Crippen molar-refractivity contribution in [2.24, 2.45) is 0 Å². The van der Waals surface area contributed by atoms with Crippen molar-refractivity contribution < 1.29 is 9.21 Å². The minimum absolute atomic E-state index is 0.181. The maximum atomic E-state index is 10.8. The van der Waals surface area contributed by atoms with Crippen molar-refractivity contribution in [3.05, 3.63) is 24.2 Å². The summed E-state index contributed by atoms with van der Waals surface area (Å²) >= 11 is 9.66.